The highest BCUT2D eigenvalue weighted by Crippen LogP contribution is 2.31. The van der Waals surface area contributed by atoms with Crippen LogP contribution < -0.4 is 10.6 Å². The number of hydrogen-bond donors (Lipinski definition) is 2. The molecule has 1 aromatic heterocycles. The van der Waals surface area contributed by atoms with Crippen molar-refractivity contribution in [1.82, 2.24) is 9.97 Å². The fraction of sp³-hybridized carbons (Fsp3) is 0.143. The van der Waals surface area contributed by atoms with Crippen molar-refractivity contribution < 1.29 is 4.79 Å². The first-order valence-electron chi connectivity index (χ1n) is 6.32. The summed E-state index contributed by atoms with van der Waals surface area (Å²) in [4.78, 5) is 23.5. The van der Waals surface area contributed by atoms with Gasteiger partial charge in [-0.05, 0) is 17.7 Å². The van der Waals surface area contributed by atoms with Crippen molar-refractivity contribution in [3.8, 4) is 0 Å². The molecule has 2 rings (SSSR count). The van der Waals surface area contributed by atoms with E-state index < -0.39 is 0 Å². The van der Waals surface area contributed by atoms with E-state index in [0.717, 1.165) is 5.56 Å². The largest absolute Gasteiger partial charge is 0.371 e. The van der Waals surface area contributed by atoms with Gasteiger partial charge in [0, 0.05) is 25.2 Å². The van der Waals surface area contributed by atoms with Gasteiger partial charge in [-0.15, -0.1) is 0 Å². The van der Waals surface area contributed by atoms with Crippen LogP contribution in [-0.4, -0.2) is 29.1 Å². The van der Waals surface area contributed by atoms with Gasteiger partial charge in [0.2, 0.25) is 11.9 Å². The molecule has 1 aromatic carbocycles. The highest BCUT2D eigenvalue weighted by atomic mass is 35.5. The average molecular weight is 338 g/mol. The Morgan fingerprint density at radius 1 is 1.23 bits per heavy atom. The highest BCUT2D eigenvalue weighted by Gasteiger charge is 2.12. The molecule has 0 atom stereocenters. The first kappa shape index (κ1) is 16.2. The van der Waals surface area contributed by atoms with Crippen LogP contribution in [0.2, 0.25) is 10.2 Å². The fourth-order valence-corrected chi connectivity index (χ4v) is 1.96. The van der Waals surface area contributed by atoms with E-state index in [2.05, 4.69) is 25.6 Å². The highest BCUT2D eigenvalue weighted by molar-refractivity contribution is 6.32. The number of benzene rings is 1. The second-order valence-electron chi connectivity index (χ2n) is 4.28. The maximum atomic E-state index is 11.1. The molecular formula is C14H13Cl2N5O. The summed E-state index contributed by atoms with van der Waals surface area (Å²) in [5.41, 5.74) is 1.24. The molecule has 0 aliphatic carbocycles. The van der Waals surface area contributed by atoms with E-state index in [4.69, 9.17) is 23.2 Å². The lowest BCUT2D eigenvalue weighted by Gasteiger charge is -2.08. The molecule has 114 valence electrons. The molecule has 0 unspecified atom stereocenters. The van der Waals surface area contributed by atoms with Gasteiger partial charge in [-0.2, -0.15) is 9.97 Å². The summed E-state index contributed by atoms with van der Waals surface area (Å²) < 4.78 is 0. The van der Waals surface area contributed by atoms with Crippen LogP contribution in [0.1, 0.15) is 12.5 Å². The summed E-state index contributed by atoms with van der Waals surface area (Å²) in [5.74, 6) is 0.247. The summed E-state index contributed by atoms with van der Waals surface area (Å²) in [6, 6.07) is 7.18. The zero-order valence-electron chi connectivity index (χ0n) is 11.9. The Balaban J connectivity index is 2.33. The van der Waals surface area contributed by atoms with E-state index in [9.17, 15) is 4.79 Å². The van der Waals surface area contributed by atoms with Gasteiger partial charge in [0.1, 0.15) is 5.69 Å². The van der Waals surface area contributed by atoms with Gasteiger partial charge in [0.25, 0.3) is 0 Å². The molecule has 0 aliphatic heterocycles. The van der Waals surface area contributed by atoms with Gasteiger partial charge in [-0.1, -0.05) is 35.3 Å². The minimum Gasteiger partial charge on any atom is -0.371 e. The minimum atomic E-state index is -0.282. The van der Waals surface area contributed by atoms with Gasteiger partial charge >= 0.3 is 0 Å². The molecule has 0 fully saturated rings. The van der Waals surface area contributed by atoms with Crippen molar-refractivity contribution in [2.75, 3.05) is 17.7 Å². The Hall–Kier alpha value is -2.18. The SMILES string of the molecule is CNc1nc(NC(C)=O)nc(Cl)c1N=Cc1ccc(Cl)cc1. The van der Waals surface area contributed by atoms with Crippen LogP contribution in [0.25, 0.3) is 0 Å². The number of aliphatic imine (C=N–C) groups is 1. The molecule has 6 nitrogen and oxygen atoms in total. The zero-order chi connectivity index (χ0) is 16.1. The molecule has 8 heteroatoms. The Bertz CT molecular complexity index is 716. The number of nitrogens with one attached hydrogen (secondary N) is 2. The molecule has 2 N–H and O–H groups in total. The molecule has 1 amide bonds. The Labute approximate surface area is 137 Å². The monoisotopic (exact) mass is 337 g/mol. The summed E-state index contributed by atoms with van der Waals surface area (Å²) in [7, 11) is 1.68. The van der Waals surface area contributed by atoms with Crippen molar-refractivity contribution in [1.29, 1.82) is 0 Å². The number of nitrogens with zero attached hydrogens (tertiary/aromatic N) is 3. The third kappa shape index (κ3) is 4.16. The summed E-state index contributed by atoms with van der Waals surface area (Å²) in [5, 5.41) is 6.13. The predicted octanol–water partition coefficient (Wildman–Crippen LogP) is 3.53. The number of carbonyl (C=O) groups is 1. The van der Waals surface area contributed by atoms with E-state index in [0.29, 0.717) is 16.5 Å². The molecular weight excluding hydrogens is 325 g/mol. The van der Waals surface area contributed by atoms with E-state index in [1.54, 1.807) is 25.4 Å². The van der Waals surface area contributed by atoms with Crippen LogP contribution in [0, 0.1) is 0 Å². The second-order valence-corrected chi connectivity index (χ2v) is 5.07. The third-order valence-electron chi connectivity index (χ3n) is 2.58. The lowest BCUT2D eigenvalue weighted by molar-refractivity contribution is -0.114. The van der Waals surface area contributed by atoms with Crippen molar-refractivity contribution >= 4 is 52.8 Å². The lowest BCUT2D eigenvalue weighted by Crippen LogP contribution is -2.10. The topological polar surface area (TPSA) is 79.3 Å². The first-order valence-corrected chi connectivity index (χ1v) is 7.07. The van der Waals surface area contributed by atoms with Gasteiger partial charge in [0.05, 0.1) is 0 Å². The summed E-state index contributed by atoms with van der Waals surface area (Å²) in [6.45, 7) is 1.36. The smallest absolute Gasteiger partial charge is 0.232 e. The molecule has 0 saturated heterocycles. The maximum Gasteiger partial charge on any atom is 0.232 e. The number of rotatable bonds is 4. The summed E-state index contributed by atoms with van der Waals surface area (Å²) in [6.07, 6.45) is 1.62. The Morgan fingerprint density at radius 2 is 1.91 bits per heavy atom. The number of amides is 1. The van der Waals surface area contributed by atoms with E-state index >= 15 is 0 Å². The van der Waals surface area contributed by atoms with Crippen molar-refractivity contribution in [2.45, 2.75) is 6.92 Å². The number of carbonyl (C=O) groups excluding carboxylic acids is 1. The molecule has 0 spiro atoms. The quantitative estimate of drug-likeness (QED) is 0.660. The standard InChI is InChI=1S/C14H13Cl2N5O/c1-8(22)19-14-20-12(16)11(13(17-2)21-14)18-7-9-3-5-10(15)6-4-9/h3-7H,1-2H3,(H2,17,19,20,21,22). The molecule has 1 heterocycles. The Kier molecular flexibility index (Phi) is 5.30. The molecule has 22 heavy (non-hydrogen) atoms. The predicted molar refractivity (Wildman–Crippen MR) is 89.6 cm³/mol. The molecule has 0 saturated carbocycles. The zero-order valence-corrected chi connectivity index (χ0v) is 13.4. The normalized spacial score (nSPS) is 10.7. The van der Waals surface area contributed by atoms with Crippen LogP contribution >= 0.6 is 23.2 Å². The Morgan fingerprint density at radius 3 is 2.50 bits per heavy atom. The van der Waals surface area contributed by atoms with Crippen LogP contribution in [0.4, 0.5) is 17.5 Å². The maximum absolute atomic E-state index is 11.1. The van der Waals surface area contributed by atoms with E-state index in [-0.39, 0.29) is 17.0 Å². The number of anilines is 2. The van der Waals surface area contributed by atoms with Gasteiger partial charge in [-0.3, -0.25) is 10.1 Å². The third-order valence-corrected chi connectivity index (χ3v) is 3.09. The number of aromatic nitrogens is 2. The first-order chi connectivity index (χ1) is 10.5. The van der Waals surface area contributed by atoms with Gasteiger partial charge < -0.3 is 5.32 Å². The molecule has 0 aliphatic rings. The van der Waals surface area contributed by atoms with Crippen LogP contribution in [0.15, 0.2) is 29.3 Å². The van der Waals surface area contributed by atoms with E-state index in [1.165, 1.54) is 6.92 Å². The van der Waals surface area contributed by atoms with Crippen LogP contribution in [0.3, 0.4) is 0 Å². The van der Waals surface area contributed by atoms with Gasteiger partial charge in [0.15, 0.2) is 11.0 Å². The second kappa shape index (κ2) is 7.20. The van der Waals surface area contributed by atoms with Gasteiger partial charge in [-0.25, -0.2) is 4.99 Å². The lowest BCUT2D eigenvalue weighted by atomic mass is 10.2. The fourth-order valence-electron chi connectivity index (χ4n) is 1.62. The molecule has 2 aromatic rings. The van der Waals surface area contributed by atoms with Crippen LogP contribution in [-0.2, 0) is 4.79 Å². The minimum absolute atomic E-state index is 0.118. The van der Waals surface area contributed by atoms with Crippen LogP contribution in [0.5, 0.6) is 0 Å². The van der Waals surface area contributed by atoms with Crippen molar-refractivity contribution in [3.63, 3.8) is 0 Å². The summed E-state index contributed by atoms with van der Waals surface area (Å²) >= 11 is 11.9. The van der Waals surface area contributed by atoms with E-state index in [1.807, 2.05) is 12.1 Å². The number of hydrogen-bond acceptors (Lipinski definition) is 5. The molecule has 0 bridgehead atoms. The molecule has 0 radical (unpaired) electrons. The van der Waals surface area contributed by atoms with Crippen molar-refractivity contribution in [2.24, 2.45) is 4.99 Å². The number of halogens is 2. The van der Waals surface area contributed by atoms with Crippen molar-refractivity contribution in [3.05, 3.63) is 40.0 Å². The average Bonchev–Trinajstić information content (AvgIpc) is 2.46.